The molecular weight excluding hydrogens is 355 g/mol. The molecule has 1 aliphatic rings. The first-order valence-corrected chi connectivity index (χ1v) is 10.1. The maximum atomic E-state index is 13.3. The van der Waals surface area contributed by atoms with Crippen molar-refractivity contribution in [1.82, 2.24) is 14.9 Å². The fraction of sp³-hybridized carbons (Fsp3) is 0.500. The monoisotopic (exact) mass is 384 g/mol. The molecule has 1 aromatic heterocycles. The molecule has 0 bridgehead atoms. The standard InChI is InChI=1S/C22H29FN4O/c1-4-5-18-12-24-15-25-22(18)26-11-10-21(28)27(20(14-26)16(2)3)13-17-6-8-19(23)9-7-17/h6-9,12,15-16,20H,4-5,10-11,13-14H2,1-3H3. The number of carbonyl (C=O) groups excluding carboxylic acids is 1. The summed E-state index contributed by atoms with van der Waals surface area (Å²) in [6.45, 7) is 8.32. The van der Waals surface area contributed by atoms with Gasteiger partial charge in [0.25, 0.3) is 0 Å². The minimum atomic E-state index is -0.259. The second-order valence-electron chi connectivity index (χ2n) is 7.78. The third-order valence-electron chi connectivity index (χ3n) is 5.34. The lowest BCUT2D eigenvalue weighted by molar-refractivity contribution is -0.134. The molecule has 3 rings (SSSR count). The molecule has 1 amide bonds. The number of hydrogen-bond donors (Lipinski definition) is 0. The fourth-order valence-corrected chi connectivity index (χ4v) is 3.81. The Kier molecular flexibility index (Phi) is 6.60. The van der Waals surface area contributed by atoms with Crippen molar-refractivity contribution in [3.63, 3.8) is 0 Å². The van der Waals surface area contributed by atoms with Crippen LogP contribution in [0, 0.1) is 11.7 Å². The number of aromatic nitrogens is 2. The number of amides is 1. The van der Waals surface area contributed by atoms with E-state index in [4.69, 9.17) is 0 Å². The molecule has 0 spiro atoms. The molecule has 0 saturated carbocycles. The Bertz CT molecular complexity index is 793. The van der Waals surface area contributed by atoms with Crippen molar-refractivity contribution in [2.24, 2.45) is 5.92 Å². The molecule has 28 heavy (non-hydrogen) atoms. The van der Waals surface area contributed by atoms with Gasteiger partial charge in [0.15, 0.2) is 0 Å². The van der Waals surface area contributed by atoms with E-state index in [0.29, 0.717) is 25.4 Å². The van der Waals surface area contributed by atoms with Crippen molar-refractivity contribution >= 4 is 11.7 Å². The predicted molar refractivity (Wildman–Crippen MR) is 108 cm³/mol. The molecule has 150 valence electrons. The summed E-state index contributed by atoms with van der Waals surface area (Å²) >= 11 is 0. The Morgan fingerprint density at radius 3 is 2.68 bits per heavy atom. The van der Waals surface area contributed by atoms with Gasteiger partial charge < -0.3 is 9.80 Å². The molecule has 1 unspecified atom stereocenters. The summed E-state index contributed by atoms with van der Waals surface area (Å²) < 4.78 is 13.3. The molecule has 2 heterocycles. The van der Waals surface area contributed by atoms with Crippen LogP contribution in [0.3, 0.4) is 0 Å². The fourth-order valence-electron chi connectivity index (χ4n) is 3.81. The highest BCUT2D eigenvalue weighted by Crippen LogP contribution is 2.26. The first-order valence-electron chi connectivity index (χ1n) is 10.1. The zero-order chi connectivity index (χ0) is 20.1. The molecule has 1 aliphatic heterocycles. The number of rotatable bonds is 6. The lowest BCUT2D eigenvalue weighted by Crippen LogP contribution is -2.46. The van der Waals surface area contributed by atoms with Crippen LogP contribution in [0.1, 0.15) is 44.7 Å². The van der Waals surface area contributed by atoms with Crippen molar-refractivity contribution in [2.75, 3.05) is 18.0 Å². The summed E-state index contributed by atoms with van der Waals surface area (Å²) in [5.74, 6) is 1.11. The van der Waals surface area contributed by atoms with Crippen LogP contribution in [0.4, 0.5) is 10.2 Å². The van der Waals surface area contributed by atoms with Crippen molar-refractivity contribution in [1.29, 1.82) is 0 Å². The van der Waals surface area contributed by atoms with Crippen LogP contribution < -0.4 is 4.90 Å². The second-order valence-corrected chi connectivity index (χ2v) is 7.78. The van der Waals surface area contributed by atoms with Crippen LogP contribution in [0.5, 0.6) is 0 Å². The molecule has 0 radical (unpaired) electrons. The Balaban J connectivity index is 1.87. The van der Waals surface area contributed by atoms with Crippen molar-refractivity contribution in [2.45, 2.75) is 52.6 Å². The molecule has 0 aliphatic carbocycles. The summed E-state index contributed by atoms with van der Waals surface area (Å²) in [4.78, 5) is 25.9. The zero-order valence-electron chi connectivity index (χ0n) is 16.9. The van der Waals surface area contributed by atoms with Crippen LogP contribution >= 0.6 is 0 Å². The first kappa shape index (κ1) is 20.2. The van der Waals surface area contributed by atoms with Crippen molar-refractivity contribution in [3.05, 3.63) is 53.7 Å². The molecule has 1 fully saturated rings. The van der Waals surface area contributed by atoms with E-state index in [9.17, 15) is 9.18 Å². The number of halogens is 1. The largest absolute Gasteiger partial charge is 0.354 e. The summed E-state index contributed by atoms with van der Waals surface area (Å²) in [6, 6.07) is 6.47. The van der Waals surface area contributed by atoms with Crippen molar-refractivity contribution in [3.8, 4) is 0 Å². The molecule has 1 aromatic carbocycles. The Labute approximate surface area is 166 Å². The molecule has 5 nitrogen and oxygen atoms in total. The lowest BCUT2D eigenvalue weighted by atomic mass is 10.0. The van der Waals surface area contributed by atoms with E-state index >= 15 is 0 Å². The molecule has 1 saturated heterocycles. The van der Waals surface area contributed by atoms with Gasteiger partial charge in [0.1, 0.15) is 18.0 Å². The number of benzene rings is 1. The number of anilines is 1. The Morgan fingerprint density at radius 1 is 1.25 bits per heavy atom. The third kappa shape index (κ3) is 4.66. The summed E-state index contributed by atoms with van der Waals surface area (Å²) in [6.07, 6.45) is 5.87. The molecule has 1 atom stereocenters. The molecule has 6 heteroatoms. The van der Waals surface area contributed by atoms with Crippen LogP contribution in [0.25, 0.3) is 0 Å². The van der Waals surface area contributed by atoms with Gasteiger partial charge in [0.2, 0.25) is 5.91 Å². The summed E-state index contributed by atoms with van der Waals surface area (Å²) in [7, 11) is 0. The van der Waals surface area contributed by atoms with E-state index < -0.39 is 0 Å². The number of hydrogen-bond acceptors (Lipinski definition) is 4. The van der Waals surface area contributed by atoms with Crippen LogP contribution in [0.2, 0.25) is 0 Å². The molecular formula is C22H29FN4O. The first-order chi connectivity index (χ1) is 13.5. The highest BCUT2D eigenvalue weighted by atomic mass is 19.1. The average Bonchev–Trinajstić information content (AvgIpc) is 2.84. The maximum Gasteiger partial charge on any atom is 0.224 e. The van der Waals surface area contributed by atoms with Gasteiger partial charge >= 0.3 is 0 Å². The highest BCUT2D eigenvalue weighted by Gasteiger charge is 2.32. The SMILES string of the molecule is CCCc1cncnc1N1CCC(=O)N(Cc2ccc(F)cc2)C(C(C)C)C1. The Morgan fingerprint density at radius 2 is 2.00 bits per heavy atom. The topological polar surface area (TPSA) is 49.3 Å². The minimum Gasteiger partial charge on any atom is -0.354 e. The number of aryl methyl sites for hydroxylation is 1. The van der Waals surface area contributed by atoms with Gasteiger partial charge in [-0.25, -0.2) is 14.4 Å². The summed E-state index contributed by atoms with van der Waals surface area (Å²) in [5.41, 5.74) is 2.08. The van der Waals surface area contributed by atoms with E-state index in [2.05, 4.69) is 35.6 Å². The zero-order valence-corrected chi connectivity index (χ0v) is 16.9. The van der Waals surface area contributed by atoms with E-state index in [1.807, 2.05) is 11.1 Å². The van der Waals surface area contributed by atoms with E-state index in [-0.39, 0.29) is 17.8 Å². The maximum absolute atomic E-state index is 13.3. The normalized spacial score (nSPS) is 17.9. The van der Waals surface area contributed by atoms with Gasteiger partial charge in [-0.3, -0.25) is 4.79 Å². The van der Waals surface area contributed by atoms with Gasteiger partial charge in [-0.2, -0.15) is 0 Å². The second kappa shape index (κ2) is 9.13. The molecule has 2 aromatic rings. The van der Waals surface area contributed by atoms with Gasteiger partial charge in [0.05, 0.1) is 6.04 Å². The van der Waals surface area contributed by atoms with Crippen molar-refractivity contribution < 1.29 is 9.18 Å². The lowest BCUT2D eigenvalue weighted by Gasteiger charge is -2.35. The quantitative estimate of drug-likeness (QED) is 0.759. The summed E-state index contributed by atoms with van der Waals surface area (Å²) in [5, 5.41) is 0. The van der Waals surface area contributed by atoms with Gasteiger partial charge in [0, 0.05) is 37.8 Å². The minimum absolute atomic E-state index is 0.0597. The van der Waals surface area contributed by atoms with Gasteiger partial charge in [-0.15, -0.1) is 0 Å². The van der Waals surface area contributed by atoms with E-state index in [0.717, 1.165) is 36.3 Å². The van der Waals surface area contributed by atoms with Crippen LogP contribution in [-0.4, -0.2) is 39.9 Å². The number of carbonyl (C=O) groups is 1. The van der Waals surface area contributed by atoms with Crippen LogP contribution in [-0.2, 0) is 17.8 Å². The van der Waals surface area contributed by atoms with Gasteiger partial charge in [-0.1, -0.05) is 39.3 Å². The van der Waals surface area contributed by atoms with Gasteiger partial charge in [-0.05, 0) is 30.0 Å². The van der Waals surface area contributed by atoms with E-state index in [1.54, 1.807) is 18.5 Å². The van der Waals surface area contributed by atoms with Crippen LogP contribution in [0.15, 0.2) is 36.8 Å². The van der Waals surface area contributed by atoms with E-state index in [1.165, 1.54) is 12.1 Å². The smallest absolute Gasteiger partial charge is 0.224 e. The average molecular weight is 384 g/mol. The number of nitrogens with zero attached hydrogens (tertiary/aromatic N) is 4. The Hall–Kier alpha value is -2.50. The third-order valence-corrected chi connectivity index (χ3v) is 5.34. The predicted octanol–water partition coefficient (Wildman–Crippen LogP) is 3.83. The molecule has 0 N–H and O–H groups in total. The highest BCUT2D eigenvalue weighted by molar-refractivity contribution is 5.78.